The second-order valence-corrected chi connectivity index (χ2v) is 6.14. The Morgan fingerprint density at radius 1 is 1.13 bits per heavy atom. The summed E-state index contributed by atoms with van der Waals surface area (Å²) in [6.45, 7) is 12.3. The lowest BCUT2D eigenvalue weighted by Gasteiger charge is -2.10. The summed E-state index contributed by atoms with van der Waals surface area (Å²) in [7, 11) is 0. The standard InChI is InChI=1S/C21H27NO/c1-5-7-8-9-10-17-11-12-19(18(6-2)13-17)21-20(14-23)15(3)16(4)22-21/h11-14,22H,3-10H2,1-2H3. The number of aldehydes is 1. The van der Waals surface area contributed by atoms with Gasteiger partial charge in [0.25, 0.3) is 0 Å². The molecule has 0 aliphatic carbocycles. The molecule has 1 heterocycles. The molecule has 0 saturated carbocycles. The van der Waals surface area contributed by atoms with Crippen molar-refractivity contribution in [1.82, 2.24) is 4.98 Å². The number of nitrogens with one attached hydrogen (secondary N) is 1. The Kier molecular flexibility index (Phi) is 5.97. The van der Waals surface area contributed by atoms with Gasteiger partial charge in [0.15, 0.2) is 6.29 Å². The van der Waals surface area contributed by atoms with Gasteiger partial charge >= 0.3 is 0 Å². The van der Waals surface area contributed by atoms with Gasteiger partial charge in [-0.25, -0.2) is 0 Å². The van der Waals surface area contributed by atoms with E-state index in [1.165, 1.54) is 36.8 Å². The van der Waals surface area contributed by atoms with E-state index in [0.717, 1.165) is 30.4 Å². The molecule has 1 N–H and O–H groups in total. The summed E-state index contributed by atoms with van der Waals surface area (Å²) < 4.78 is 0. The Labute approximate surface area is 138 Å². The lowest BCUT2D eigenvalue weighted by molar-refractivity contribution is 0.112. The van der Waals surface area contributed by atoms with E-state index < -0.39 is 0 Å². The Balaban J connectivity index is 2.33. The molecule has 2 rings (SSSR count). The fraction of sp³-hybridized carbons (Fsp3) is 0.381. The Hall–Kier alpha value is -2.09. The van der Waals surface area contributed by atoms with Gasteiger partial charge in [0, 0.05) is 21.7 Å². The van der Waals surface area contributed by atoms with Gasteiger partial charge in [-0.3, -0.25) is 4.79 Å². The van der Waals surface area contributed by atoms with Crippen LogP contribution in [-0.2, 0) is 12.8 Å². The number of H-pyrrole nitrogens is 1. The SMILES string of the molecule is C=c1[nH]c(-c2ccc(CCCCCC)cc2CC)c(C=O)c1=C. The minimum absolute atomic E-state index is 0.625. The van der Waals surface area contributed by atoms with Crippen LogP contribution in [0.3, 0.4) is 0 Å². The maximum Gasteiger partial charge on any atom is 0.152 e. The third kappa shape index (κ3) is 3.82. The Bertz CT molecular complexity index is 770. The van der Waals surface area contributed by atoms with Crippen molar-refractivity contribution in [2.24, 2.45) is 0 Å². The highest BCUT2D eigenvalue weighted by molar-refractivity contribution is 5.87. The van der Waals surface area contributed by atoms with Crippen molar-refractivity contribution in [3.05, 3.63) is 45.5 Å². The summed E-state index contributed by atoms with van der Waals surface area (Å²) in [5.41, 5.74) is 5.21. The molecule has 2 aromatic rings. The van der Waals surface area contributed by atoms with Crippen LogP contribution in [-0.4, -0.2) is 11.3 Å². The molecule has 0 spiro atoms. The number of hydrogen-bond donors (Lipinski definition) is 1. The molecule has 0 aliphatic rings. The molecule has 0 fully saturated rings. The van der Waals surface area contributed by atoms with Crippen LogP contribution < -0.4 is 10.6 Å². The van der Waals surface area contributed by atoms with E-state index in [0.29, 0.717) is 16.1 Å². The van der Waals surface area contributed by atoms with E-state index >= 15 is 0 Å². The van der Waals surface area contributed by atoms with E-state index in [2.05, 4.69) is 50.2 Å². The van der Waals surface area contributed by atoms with E-state index in [1.807, 2.05) is 0 Å². The van der Waals surface area contributed by atoms with Crippen molar-refractivity contribution >= 4 is 19.4 Å². The molecule has 2 heteroatoms. The Morgan fingerprint density at radius 2 is 1.91 bits per heavy atom. The number of carbonyl (C=O) groups is 1. The van der Waals surface area contributed by atoms with Crippen molar-refractivity contribution in [3.8, 4) is 11.3 Å². The largest absolute Gasteiger partial charge is 0.354 e. The number of benzene rings is 1. The van der Waals surface area contributed by atoms with E-state index in [9.17, 15) is 4.79 Å². The summed E-state index contributed by atoms with van der Waals surface area (Å²) in [4.78, 5) is 14.6. The maximum atomic E-state index is 11.4. The van der Waals surface area contributed by atoms with Crippen LogP contribution in [0.15, 0.2) is 18.2 Å². The normalized spacial score (nSPS) is 10.9. The van der Waals surface area contributed by atoms with Crippen LogP contribution in [0.4, 0.5) is 0 Å². The molecule has 1 aromatic carbocycles. The average Bonchev–Trinajstić information content (AvgIpc) is 2.86. The Morgan fingerprint density at radius 3 is 2.57 bits per heavy atom. The minimum atomic E-state index is 0.625. The third-order valence-corrected chi connectivity index (χ3v) is 4.49. The second-order valence-electron chi connectivity index (χ2n) is 6.14. The predicted molar refractivity (Wildman–Crippen MR) is 99.1 cm³/mol. The first-order valence-corrected chi connectivity index (χ1v) is 8.59. The predicted octanol–water partition coefficient (Wildman–Crippen LogP) is 4.00. The summed E-state index contributed by atoms with van der Waals surface area (Å²) in [5, 5.41) is 1.41. The topological polar surface area (TPSA) is 32.9 Å². The van der Waals surface area contributed by atoms with Crippen molar-refractivity contribution in [3.63, 3.8) is 0 Å². The molecule has 0 bridgehead atoms. The van der Waals surface area contributed by atoms with E-state index in [-0.39, 0.29) is 0 Å². The highest BCUT2D eigenvalue weighted by atomic mass is 16.1. The van der Waals surface area contributed by atoms with Crippen molar-refractivity contribution in [2.45, 2.75) is 52.4 Å². The molecule has 2 nitrogen and oxygen atoms in total. The fourth-order valence-electron chi connectivity index (χ4n) is 3.04. The van der Waals surface area contributed by atoms with E-state index in [1.54, 1.807) is 0 Å². The molecule has 0 amide bonds. The molecule has 1 aromatic heterocycles. The molecule has 0 saturated heterocycles. The van der Waals surface area contributed by atoms with Crippen LogP contribution in [0.5, 0.6) is 0 Å². The number of aromatic nitrogens is 1. The smallest absolute Gasteiger partial charge is 0.152 e. The van der Waals surface area contributed by atoms with E-state index in [4.69, 9.17) is 0 Å². The lowest BCUT2D eigenvalue weighted by atomic mass is 9.95. The van der Waals surface area contributed by atoms with Gasteiger partial charge in [0.1, 0.15) is 0 Å². The fourth-order valence-corrected chi connectivity index (χ4v) is 3.04. The summed E-state index contributed by atoms with van der Waals surface area (Å²) in [6.07, 6.45) is 8.05. The van der Waals surface area contributed by atoms with Crippen LogP contribution >= 0.6 is 0 Å². The second kappa shape index (κ2) is 7.96. The molecule has 23 heavy (non-hydrogen) atoms. The quantitative estimate of drug-likeness (QED) is 0.580. The summed E-state index contributed by atoms with van der Waals surface area (Å²) in [6, 6.07) is 6.59. The van der Waals surface area contributed by atoms with Gasteiger partial charge in [0.05, 0.1) is 5.69 Å². The van der Waals surface area contributed by atoms with Gasteiger partial charge in [-0.2, -0.15) is 0 Å². The monoisotopic (exact) mass is 309 g/mol. The zero-order chi connectivity index (χ0) is 16.8. The van der Waals surface area contributed by atoms with Crippen molar-refractivity contribution in [2.75, 3.05) is 0 Å². The maximum absolute atomic E-state index is 11.4. The first kappa shape index (κ1) is 17.3. The molecule has 0 radical (unpaired) electrons. The number of unbranched alkanes of at least 4 members (excludes halogenated alkanes) is 3. The van der Waals surface area contributed by atoms with Gasteiger partial charge in [-0.15, -0.1) is 0 Å². The highest BCUT2D eigenvalue weighted by Crippen LogP contribution is 2.25. The van der Waals surface area contributed by atoms with Gasteiger partial charge < -0.3 is 4.98 Å². The summed E-state index contributed by atoms with van der Waals surface area (Å²) in [5.74, 6) is 0. The molecule has 0 unspecified atom stereocenters. The first-order valence-electron chi connectivity index (χ1n) is 8.59. The molecular weight excluding hydrogens is 282 g/mol. The zero-order valence-corrected chi connectivity index (χ0v) is 14.4. The third-order valence-electron chi connectivity index (χ3n) is 4.49. The molecular formula is C21H27NO. The van der Waals surface area contributed by atoms with Gasteiger partial charge in [0.2, 0.25) is 0 Å². The number of hydrogen-bond acceptors (Lipinski definition) is 1. The van der Waals surface area contributed by atoms with Crippen molar-refractivity contribution in [1.29, 1.82) is 0 Å². The van der Waals surface area contributed by atoms with Crippen molar-refractivity contribution < 1.29 is 4.79 Å². The highest BCUT2D eigenvalue weighted by Gasteiger charge is 2.12. The van der Waals surface area contributed by atoms with Crippen LogP contribution in [0.2, 0.25) is 0 Å². The van der Waals surface area contributed by atoms with Crippen LogP contribution in [0, 0.1) is 0 Å². The zero-order valence-electron chi connectivity index (χ0n) is 14.4. The van der Waals surface area contributed by atoms with Gasteiger partial charge in [-0.1, -0.05) is 64.5 Å². The number of aromatic amines is 1. The number of rotatable bonds is 8. The number of aryl methyl sites for hydroxylation is 2. The first-order chi connectivity index (χ1) is 11.1. The summed E-state index contributed by atoms with van der Waals surface area (Å²) >= 11 is 0. The van der Waals surface area contributed by atoms with Crippen LogP contribution in [0.25, 0.3) is 24.4 Å². The molecule has 122 valence electrons. The van der Waals surface area contributed by atoms with Crippen LogP contribution in [0.1, 0.15) is 61.0 Å². The lowest BCUT2D eigenvalue weighted by Crippen LogP contribution is -2.20. The molecule has 0 atom stereocenters. The minimum Gasteiger partial charge on any atom is -0.354 e. The molecule has 0 aliphatic heterocycles. The number of carbonyl (C=O) groups excluding carboxylic acids is 1. The average molecular weight is 309 g/mol. The van der Waals surface area contributed by atoms with Gasteiger partial charge in [-0.05, 0) is 30.4 Å².